The number of unbranched alkanes of at least 4 members (excludes halogenated alkanes) is 2. The molecule has 2 heteroatoms. The van der Waals surface area contributed by atoms with Gasteiger partial charge in [0.05, 0.1) is 26.2 Å². The van der Waals surface area contributed by atoms with Gasteiger partial charge in [0.15, 0.2) is 0 Å². The van der Waals surface area contributed by atoms with Crippen LogP contribution in [0.2, 0.25) is 0 Å². The van der Waals surface area contributed by atoms with E-state index >= 15 is 0 Å². The van der Waals surface area contributed by atoms with Gasteiger partial charge in [-0.05, 0) is 33.6 Å². The minimum Gasteiger partial charge on any atom is -1.00 e. The third kappa shape index (κ3) is 5.89. The molecule has 0 spiro atoms. The zero-order valence-corrected chi connectivity index (χ0v) is 11.9. The van der Waals surface area contributed by atoms with Crippen LogP contribution in [0.4, 0.5) is 0 Å². The lowest BCUT2D eigenvalue weighted by Crippen LogP contribution is -3.00. The fraction of sp³-hybridized carbons (Fsp3) is 1.00. The molecule has 0 amide bonds. The Kier molecular flexibility index (Phi) is 11.5. The Labute approximate surface area is 102 Å². The molecule has 0 aromatic rings. The van der Waals surface area contributed by atoms with Crippen molar-refractivity contribution in [1.29, 1.82) is 0 Å². The van der Waals surface area contributed by atoms with E-state index in [4.69, 9.17) is 0 Å². The Bertz CT molecular complexity index is 92.0. The molecule has 1 nitrogen and oxygen atoms in total. The summed E-state index contributed by atoms with van der Waals surface area (Å²) in [5.74, 6) is 0. The summed E-state index contributed by atoms with van der Waals surface area (Å²) in [5.41, 5.74) is 0. The zero-order chi connectivity index (χ0) is 9.45. The minimum atomic E-state index is 0. The first kappa shape index (κ1) is 16.1. The Morgan fingerprint density at radius 3 is 1.54 bits per heavy atom. The highest BCUT2D eigenvalue weighted by molar-refractivity contribution is 4.41. The quantitative estimate of drug-likeness (QED) is 0.354. The Hall–Kier alpha value is 0.690. The van der Waals surface area contributed by atoms with E-state index in [-0.39, 0.29) is 24.0 Å². The van der Waals surface area contributed by atoms with Gasteiger partial charge in [-0.2, -0.15) is 0 Å². The van der Waals surface area contributed by atoms with Gasteiger partial charge in [-0.1, -0.05) is 13.3 Å². The van der Waals surface area contributed by atoms with Gasteiger partial charge in [0.1, 0.15) is 0 Å². The van der Waals surface area contributed by atoms with Crippen LogP contribution in [0.1, 0.15) is 47.0 Å². The van der Waals surface area contributed by atoms with Gasteiger partial charge in [-0.3, -0.25) is 0 Å². The predicted molar refractivity (Wildman–Crippen MR) is 56.3 cm³/mol. The van der Waals surface area contributed by atoms with E-state index in [1.54, 1.807) is 0 Å². The van der Waals surface area contributed by atoms with Crippen LogP contribution in [0.15, 0.2) is 0 Å². The van der Waals surface area contributed by atoms with Gasteiger partial charge in [0.25, 0.3) is 0 Å². The summed E-state index contributed by atoms with van der Waals surface area (Å²) in [4.78, 5) is 0. The molecule has 0 aromatic carbocycles. The summed E-state index contributed by atoms with van der Waals surface area (Å²) >= 11 is 0. The van der Waals surface area contributed by atoms with Crippen molar-refractivity contribution in [3.8, 4) is 0 Å². The van der Waals surface area contributed by atoms with E-state index in [0.717, 1.165) is 0 Å². The second kappa shape index (κ2) is 9.25. The number of quaternary nitrogens is 1. The fourth-order valence-corrected chi connectivity index (χ4v) is 1.84. The molecule has 0 heterocycles. The lowest BCUT2D eigenvalue weighted by molar-refractivity contribution is -0.923. The molecule has 0 aromatic heterocycles. The van der Waals surface area contributed by atoms with Gasteiger partial charge in [-0.15, -0.1) is 0 Å². The van der Waals surface area contributed by atoms with E-state index in [1.807, 2.05) is 0 Å². The van der Waals surface area contributed by atoms with Crippen LogP contribution in [0, 0.1) is 0 Å². The molecule has 0 rings (SSSR count). The second-order valence-electron chi connectivity index (χ2n) is 3.72. The normalized spacial score (nSPS) is 11.1. The van der Waals surface area contributed by atoms with Gasteiger partial charge in [0, 0.05) is 0 Å². The number of nitrogens with zero attached hydrogens (tertiary/aromatic N) is 1. The number of hydrogen-bond acceptors (Lipinski definition) is 0. The molecule has 0 aliphatic carbocycles. The summed E-state index contributed by atoms with van der Waals surface area (Å²) in [6.45, 7) is 14.5. The Balaban J connectivity index is 0. The SMILES string of the molecule is CCCCC[N+](CC)(CC)CC.[I-]. The molecule has 0 fully saturated rings. The van der Waals surface area contributed by atoms with Crippen LogP contribution in [0.3, 0.4) is 0 Å². The van der Waals surface area contributed by atoms with Gasteiger partial charge >= 0.3 is 0 Å². The first-order valence-electron chi connectivity index (χ1n) is 5.59. The Morgan fingerprint density at radius 1 is 0.769 bits per heavy atom. The van der Waals surface area contributed by atoms with E-state index in [2.05, 4.69) is 27.7 Å². The van der Waals surface area contributed by atoms with Crippen molar-refractivity contribution in [2.45, 2.75) is 47.0 Å². The van der Waals surface area contributed by atoms with Crippen LogP contribution < -0.4 is 24.0 Å². The summed E-state index contributed by atoms with van der Waals surface area (Å²) in [5, 5.41) is 0. The van der Waals surface area contributed by atoms with E-state index < -0.39 is 0 Å². The van der Waals surface area contributed by atoms with Gasteiger partial charge in [0.2, 0.25) is 0 Å². The molecular formula is C11H26IN. The average molecular weight is 299 g/mol. The van der Waals surface area contributed by atoms with Crippen LogP contribution >= 0.6 is 0 Å². The smallest absolute Gasteiger partial charge is 0.0786 e. The molecule has 0 saturated heterocycles. The average Bonchev–Trinajstić information content (AvgIpc) is 2.14. The van der Waals surface area contributed by atoms with E-state index in [1.165, 1.54) is 49.9 Å². The van der Waals surface area contributed by atoms with E-state index in [9.17, 15) is 0 Å². The second-order valence-corrected chi connectivity index (χ2v) is 3.72. The minimum absolute atomic E-state index is 0. The number of rotatable bonds is 7. The first-order valence-corrected chi connectivity index (χ1v) is 5.59. The van der Waals surface area contributed by atoms with E-state index in [0.29, 0.717) is 0 Å². The van der Waals surface area contributed by atoms with Crippen LogP contribution in [-0.2, 0) is 0 Å². The number of hydrogen-bond donors (Lipinski definition) is 0. The van der Waals surface area contributed by atoms with Crippen molar-refractivity contribution in [3.63, 3.8) is 0 Å². The monoisotopic (exact) mass is 299 g/mol. The van der Waals surface area contributed by atoms with Crippen molar-refractivity contribution >= 4 is 0 Å². The van der Waals surface area contributed by atoms with Crippen molar-refractivity contribution in [1.82, 2.24) is 0 Å². The maximum atomic E-state index is 2.32. The van der Waals surface area contributed by atoms with Crippen LogP contribution in [0.25, 0.3) is 0 Å². The molecule has 0 radical (unpaired) electrons. The molecule has 82 valence electrons. The molecule has 0 atom stereocenters. The maximum absolute atomic E-state index is 2.32. The Morgan fingerprint density at radius 2 is 1.23 bits per heavy atom. The van der Waals surface area contributed by atoms with Gasteiger partial charge in [-0.25, -0.2) is 0 Å². The summed E-state index contributed by atoms with van der Waals surface area (Å²) < 4.78 is 1.32. The fourth-order valence-electron chi connectivity index (χ4n) is 1.84. The van der Waals surface area contributed by atoms with Crippen LogP contribution in [0.5, 0.6) is 0 Å². The summed E-state index contributed by atoms with van der Waals surface area (Å²) in [6, 6.07) is 0. The molecule has 0 bridgehead atoms. The van der Waals surface area contributed by atoms with Crippen molar-refractivity contribution < 1.29 is 28.5 Å². The highest BCUT2D eigenvalue weighted by Crippen LogP contribution is 2.09. The highest BCUT2D eigenvalue weighted by Gasteiger charge is 2.18. The van der Waals surface area contributed by atoms with Crippen LogP contribution in [-0.4, -0.2) is 30.7 Å². The number of halogens is 1. The first-order chi connectivity index (χ1) is 5.74. The molecule has 0 aliphatic rings. The predicted octanol–water partition coefficient (Wildman–Crippen LogP) is 0.0571. The standard InChI is InChI=1S/C11H26N.HI/c1-5-9-10-11-12(6-2,7-3)8-4;/h5-11H2,1-4H3;1H/q+1;/p-1. The molecule has 0 unspecified atom stereocenters. The van der Waals surface area contributed by atoms with Gasteiger partial charge < -0.3 is 28.5 Å². The summed E-state index contributed by atoms with van der Waals surface area (Å²) in [6.07, 6.45) is 4.16. The lowest BCUT2D eigenvalue weighted by Gasteiger charge is -2.35. The third-order valence-corrected chi connectivity index (χ3v) is 3.25. The highest BCUT2D eigenvalue weighted by atomic mass is 127. The molecule has 13 heavy (non-hydrogen) atoms. The lowest BCUT2D eigenvalue weighted by atomic mass is 10.2. The van der Waals surface area contributed by atoms with Crippen molar-refractivity contribution in [3.05, 3.63) is 0 Å². The van der Waals surface area contributed by atoms with Crippen molar-refractivity contribution in [2.24, 2.45) is 0 Å². The maximum Gasteiger partial charge on any atom is 0.0786 e. The molecule has 0 N–H and O–H groups in total. The third-order valence-electron chi connectivity index (χ3n) is 3.25. The zero-order valence-electron chi connectivity index (χ0n) is 9.77. The summed E-state index contributed by atoms with van der Waals surface area (Å²) in [7, 11) is 0. The molecule has 0 aliphatic heterocycles. The molecular weight excluding hydrogens is 273 g/mol. The largest absolute Gasteiger partial charge is 1.00 e. The van der Waals surface area contributed by atoms with Crippen molar-refractivity contribution in [2.75, 3.05) is 26.2 Å². The molecule has 0 saturated carbocycles. The topological polar surface area (TPSA) is 0 Å².